The Kier molecular flexibility index (Phi) is 9.45. The van der Waals surface area contributed by atoms with Crippen molar-refractivity contribution in [2.75, 3.05) is 13.2 Å². The lowest BCUT2D eigenvalue weighted by atomic mass is 10.0. The zero-order valence-corrected chi connectivity index (χ0v) is 19.2. The average Bonchev–Trinajstić information content (AvgIpc) is 3.20. The van der Waals surface area contributed by atoms with E-state index in [-0.39, 0.29) is 11.2 Å². The van der Waals surface area contributed by atoms with E-state index in [2.05, 4.69) is 15.1 Å². The number of amides is 1. The van der Waals surface area contributed by atoms with Crippen molar-refractivity contribution in [3.8, 4) is 16.3 Å². The van der Waals surface area contributed by atoms with Crippen LogP contribution in [-0.4, -0.2) is 75.2 Å². The number of carbonyl (C=O) groups is 2. The van der Waals surface area contributed by atoms with Crippen LogP contribution in [0.1, 0.15) is 29.2 Å². The van der Waals surface area contributed by atoms with Gasteiger partial charge in [0.05, 0.1) is 25.5 Å². The first-order valence-electron chi connectivity index (χ1n) is 10.2. The largest absolute Gasteiger partial charge is 0.504 e. The van der Waals surface area contributed by atoms with E-state index in [1.807, 2.05) is 13.8 Å². The molecule has 4 unspecified atom stereocenters. The van der Waals surface area contributed by atoms with Crippen LogP contribution in [0.25, 0.3) is 15.4 Å². The molecule has 0 aliphatic rings. The molecule has 11 heteroatoms. The second-order valence-corrected chi connectivity index (χ2v) is 8.80. The highest BCUT2D eigenvalue weighted by atomic mass is 32.1. The average molecular weight is 478 g/mol. The van der Waals surface area contributed by atoms with Gasteiger partial charge in [-0.1, -0.05) is 19.9 Å². The third kappa shape index (κ3) is 6.56. The number of aldehydes is 1. The lowest BCUT2D eigenvalue weighted by Gasteiger charge is -2.26. The molecule has 5 N–H and O–H groups in total. The van der Waals surface area contributed by atoms with Gasteiger partial charge in [-0.15, -0.1) is 11.3 Å². The van der Waals surface area contributed by atoms with E-state index >= 15 is 0 Å². The van der Waals surface area contributed by atoms with Gasteiger partial charge in [-0.05, 0) is 25.0 Å². The summed E-state index contributed by atoms with van der Waals surface area (Å²) in [5.74, 6) is 0.0492. The van der Waals surface area contributed by atoms with Crippen LogP contribution in [0.5, 0.6) is 5.75 Å². The van der Waals surface area contributed by atoms with Crippen molar-refractivity contribution in [2.45, 2.75) is 45.1 Å². The molecule has 4 atom stereocenters. The first kappa shape index (κ1) is 26.4. The van der Waals surface area contributed by atoms with E-state index in [0.29, 0.717) is 40.2 Å². The van der Waals surface area contributed by atoms with Crippen LogP contribution in [0.4, 0.5) is 5.69 Å². The molecular formula is C22H27N3O7S. The number of thiazole rings is 1. The summed E-state index contributed by atoms with van der Waals surface area (Å²) >= 11 is 1.03. The fourth-order valence-corrected chi connectivity index (χ4v) is 3.78. The number of rotatable bonds is 11. The van der Waals surface area contributed by atoms with Gasteiger partial charge in [0, 0.05) is 5.56 Å². The Bertz CT molecular complexity index is 1020. The highest BCUT2D eigenvalue weighted by Gasteiger charge is 2.32. The second kappa shape index (κ2) is 11.8. The SMILES string of the molecule is [C-]#[N+]c1cc(-c2nc(C)c(C(=O)NC(C=O)C(O)C(O)C(O)CO)s2)ccc1OCC(C)C. The van der Waals surface area contributed by atoms with Gasteiger partial charge in [0.2, 0.25) is 5.69 Å². The monoisotopic (exact) mass is 477 g/mol. The van der Waals surface area contributed by atoms with E-state index < -0.39 is 36.9 Å². The molecule has 0 radical (unpaired) electrons. The molecule has 1 amide bonds. The summed E-state index contributed by atoms with van der Waals surface area (Å²) in [4.78, 5) is 32.1. The minimum Gasteiger partial charge on any atom is -0.504 e. The number of aliphatic hydroxyl groups excluding tert-OH is 4. The van der Waals surface area contributed by atoms with Gasteiger partial charge < -0.3 is 35.3 Å². The van der Waals surface area contributed by atoms with Gasteiger partial charge >= 0.3 is 0 Å². The Morgan fingerprint density at radius 2 is 2.00 bits per heavy atom. The van der Waals surface area contributed by atoms with Gasteiger partial charge in [0.25, 0.3) is 5.91 Å². The fourth-order valence-electron chi connectivity index (χ4n) is 2.81. The van der Waals surface area contributed by atoms with Gasteiger partial charge in [-0.3, -0.25) is 4.79 Å². The predicted molar refractivity (Wildman–Crippen MR) is 121 cm³/mol. The Morgan fingerprint density at radius 3 is 2.58 bits per heavy atom. The molecule has 0 bridgehead atoms. The standard InChI is InChI=1S/C22H27N3O7S/c1-11(2)10-32-17-6-5-13(7-14(17)23-4)22-24-12(3)20(33-22)21(31)25-15(8-26)18(29)19(30)16(28)9-27/h5-8,11,15-16,18-19,27-30H,9-10H2,1-3H3,(H,25,31). The number of aromatic nitrogens is 1. The van der Waals surface area contributed by atoms with E-state index in [1.165, 1.54) is 0 Å². The van der Waals surface area contributed by atoms with E-state index in [0.717, 1.165) is 11.3 Å². The molecule has 33 heavy (non-hydrogen) atoms. The molecule has 0 saturated carbocycles. The minimum absolute atomic E-state index is 0.172. The van der Waals surface area contributed by atoms with Crippen LogP contribution in [0.15, 0.2) is 18.2 Å². The molecule has 178 valence electrons. The highest BCUT2D eigenvalue weighted by Crippen LogP contribution is 2.35. The van der Waals surface area contributed by atoms with Crippen molar-refractivity contribution >= 4 is 29.2 Å². The van der Waals surface area contributed by atoms with E-state index in [4.69, 9.17) is 16.4 Å². The number of aryl methyl sites for hydroxylation is 1. The number of nitrogens with one attached hydrogen (secondary N) is 1. The Hall–Kier alpha value is -2.88. The normalized spacial score (nSPS) is 14.8. The molecule has 10 nitrogen and oxygen atoms in total. The molecule has 2 aromatic rings. The number of nitrogens with zero attached hydrogens (tertiary/aromatic N) is 2. The van der Waals surface area contributed by atoms with Crippen LogP contribution in [-0.2, 0) is 4.79 Å². The maximum atomic E-state index is 12.7. The number of carbonyl (C=O) groups excluding carboxylic acids is 2. The Balaban J connectivity index is 2.23. The molecule has 0 aliphatic carbocycles. The summed E-state index contributed by atoms with van der Waals surface area (Å²) in [5.41, 5.74) is 1.29. The number of ether oxygens (including phenoxy) is 1. The quantitative estimate of drug-likeness (QED) is 0.238. The van der Waals surface area contributed by atoms with Crippen molar-refractivity contribution in [2.24, 2.45) is 5.92 Å². The number of hydrogen-bond acceptors (Lipinski definition) is 9. The topological polar surface area (TPSA) is 154 Å². The third-order valence-corrected chi connectivity index (χ3v) is 5.85. The molecule has 2 rings (SSSR count). The fraction of sp³-hybridized carbons (Fsp3) is 0.455. The van der Waals surface area contributed by atoms with Crippen molar-refractivity contribution < 1.29 is 34.8 Å². The van der Waals surface area contributed by atoms with E-state index in [1.54, 1.807) is 25.1 Å². The van der Waals surface area contributed by atoms with Gasteiger partial charge in [0.1, 0.15) is 46.3 Å². The van der Waals surface area contributed by atoms with Gasteiger partial charge in [0.15, 0.2) is 0 Å². The van der Waals surface area contributed by atoms with Crippen LogP contribution >= 0.6 is 11.3 Å². The molecule has 1 aromatic heterocycles. The predicted octanol–water partition coefficient (Wildman–Crippen LogP) is 1.08. The Labute approximate surface area is 195 Å². The summed E-state index contributed by atoms with van der Waals surface area (Å²) in [7, 11) is 0. The number of benzene rings is 1. The zero-order chi connectivity index (χ0) is 24.7. The second-order valence-electron chi connectivity index (χ2n) is 7.80. The highest BCUT2D eigenvalue weighted by molar-refractivity contribution is 7.17. The lowest BCUT2D eigenvalue weighted by Crippen LogP contribution is -2.53. The number of hydrogen-bond donors (Lipinski definition) is 5. The zero-order valence-electron chi connectivity index (χ0n) is 18.4. The molecule has 1 heterocycles. The van der Waals surface area contributed by atoms with Gasteiger partial charge in [-0.25, -0.2) is 9.83 Å². The van der Waals surface area contributed by atoms with Crippen LogP contribution in [0.2, 0.25) is 0 Å². The van der Waals surface area contributed by atoms with Crippen LogP contribution in [0, 0.1) is 19.4 Å². The first-order chi connectivity index (χ1) is 15.6. The lowest BCUT2D eigenvalue weighted by molar-refractivity contribution is -0.119. The third-order valence-electron chi connectivity index (χ3n) is 4.64. The van der Waals surface area contributed by atoms with Crippen molar-refractivity contribution in [1.29, 1.82) is 0 Å². The van der Waals surface area contributed by atoms with Crippen molar-refractivity contribution in [3.05, 3.63) is 40.2 Å². The van der Waals surface area contributed by atoms with Crippen LogP contribution < -0.4 is 10.1 Å². The minimum atomic E-state index is -1.84. The summed E-state index contributed by atoms with van der Waals surface area (Å²) in [5, 5.41) is 41.0. The summed E-state index contributed by atoms with van der Waals surface area (Å²) in [6.07, 6.45) is -5.13. The summed E-state index contributed by atoms with van der Waals surface area (Å²) < 4.78 is 5.66. The molecule has 0 aliphatic heterocycles. The number of aliphatic hydroxyl groups is 4. The van der Waals surface area contributed by atoms with Gasteiger partial charge in [-0.2, -0.15) is 0 Å². The molecule has 1 aromatic carbocycles. The summed E-state index contributed by atoms with van der Waals surface area (Å²) in [6.45, 7) is 12.7. The van der Waals surface area contributed by atoms with E-state index in [9.17, 15) is 24.9 Å². The molecule has 0 spiro atoms. The molecule has 0 saturated heterocycles. The summed E-state index contributed by atoms with van der Waals surface area (Å²) in [6, 6.07) is 3.50. The smallest absolute Gasteiger partial charge is 0.263 e. The molecule has 0 fully saturated rings. The first-order valence-corrected chi connectivity index (χ1v) is 11.0. The molecular weight excluding hydrogens is 450 g/mol. The van der Waals surface area contributed by atoms with Crippen molar-refractivity contribution in [1.82, 2.24) is 10.3 Å². The van der Waals surface area contributed by atoms with Crippen molar-refractivity contribution in [3.63, 3.8) is 0 Å². The maximum Gasteiger partial charge on any atom is 0.263 e. The maximum absolute atomic E-state index is 12.7. The Morgan fingerprint density at radius 1 is 1.30 bits per heavy atom. The van der Waals surface area contributed by atoms with Crippen LogP contribution in [0.3, 0.4) is 0 Å².